The third kappa shape index (κ3) is 1.47. The van der Waals surface area contributed by atoms with Crippen molar-refractivity contribution >= 4 is 15.9 Å². The maximum Gasteiger partial charge on any atom is 0.132 e. The van der Waals surface area contributed by atoms with Gasteiger partial charge in [-0.3, -0.25) is 0 Å². The zero-order chi connectivity index (χ0) is 9.30. The fourth-order valence-corrected chi connectivity index (χ4v) is 1.66. The van der Waals surface area contributed by atoms with Gasteiger partial charge in [0.05, 0.1) is 11.1 Å². The Kier molecular flexibility index (Phi) is 2.75. The first kappa shape index (κ1) is 9.55. The minimum absolute atomic E-state index is 0.00551. The molecule has 0 unspecified atom stereocenters. The summed E-state index contributed by atoms with van der Waals surface area (Å²) in [5.41, 5.74) is 2.51. The van der Waals surface area contributed by atoms with E-state index in [-0.39, 0.29) is 12.4 Å². The van der Waals surface area contributed by atoms with Gasteiger partial charge in [-0.2, -0.15) is 0 Å². The van der Waals surface area contributed by atoms with E-state index in [1.54, 1.807) is 13.0 Å². The summed E-state index contributed by atoms with van der Waals surface area (Å²) in [4.78, 5) is 0. The Balaban J connectivity index is 3.39. The molecule has 0 aromatic heterocycles. The smallest absolute Gasteiger partial charge is 0.132 e. The second kappa shape index (κ2) is 3.46. The van der Waals surface area contributed by atoms with Gasteiger partial charge in [0.1, 0.15) is 5.75 Å². The molecule has 0 aliphatic carbocycles. The number of phenols is 1. The van der Waals surface area contributed by atoms with E-state index < -0.39 is 0 Å². The van der Waals surface area contributed by atoms with Crippen LogP contribution in [0, 0.1) is 13.8 Å². The fourth-order valence-electron chi connectivity index (χ4n) is 1.09. The van der Waals surface area contributed by atoms with Crippen molar-refractivity contribution < 1.29 is 10.2 Å². The highest BCUT2D eigenvalue weighted by atomic mass is 79.9. The Hall–Kier alpha value is -0.540. The normalized spacial score (nSPS) is 10.3. The quantitative estimate of drug-likeness (QED) is 0.778. The van der Waals surface area contributed by atoms with Gasteiger partial charge in [0.15, 0.2) is 0 Å². The Morgan fingerprint density at radius 1 is 1.42 bits per heavy atom. The molecule has 0 heterocycles. The van der Waals surface area contributed by atoms with Gasteiger partial charge in [-0.25, -0.2) is 0 Å². The van der Waals surface area contributed by atoms with Crippen LogP contribution in [0.3, 0.4) is 0 Å². The molecular weight excluding hydrogens is 220 g/mol. The van der Waals surface area contributed by atoms with E-state index in [4.69, 9.17) is 5.11 Å². The second-order valence-electron chi connectivity index (χ2n) is 2.80. The van der Waals surface area contributed by atoms with Gasteiger partial charge in [-0.05, 0) is 52.5 Å². The first-order chi connectivity index (χ1) is 5.57. The maximum atomic E-state index is 9.48. The topological polar surface area (TPSA) is 40.5 Å². The van der Waals surface area contributed by atoms with Crippen molar-refractivity contribution in [3.8, 4) is 5.75 Å². The van der Waals surface area contributed by atoms with Gasteiger partial charge in [0, 0.05) is 0 Å². The van der Waals surface area contributed by atoms with Gasteiger partial charge in [-0.1, -0.05) is 0 Å². The van der Waals surface area contributed by atoms with Crippen LogP contribution < -0.4 is 0 Å². The van der Waals surface area contributed by atoms with Gasteiger partial charge in [0.2, 0.25) is 0 Å². The van der Waals surface area contributed by atoms with E-state index >= 15 is 0 Å². The lowest BCUT2D eigenvalue weighted by Crippen LogP contribution is -1.92. The summed E-state index contributed by atoms with van der Waals surface area (Å²) >= 11 is 3.26. The molecule has 12 heavy (non-hydrogen) atoms. The number of aliphatic hydroxyl groups is 1. The number of benzene rings is 1. The van der Waals surface area contributed by atoms with Crippen molar-refractivity contribution in [3.63, 3.8) is 0 Å². The SMILES string of the molecule is Cc1cc(CO)c(C)c(Br)c1O. The summed E-state index contributed by atoms with van der Waals surface area (Å²) in [6, 6.07) is 1.79. The van der Waals surface area contributed by atoms with Gasteiger partial charge >= 0.3 is 0 Å². The minimum Gasteiger partial charge on any atom is -0.506 e. The van der Waals surface area contributed by atoms with Crippen molar-refractivity contribution in [2.45, 2.75) is 20.5 Å². The Labute approximate surface area is 80.0 Å². The number of aromatic hydroxyl groups is 1. The molecule has 0 bridgehead atoms. The molecule has 0 saturated carbocycles. The summed E-state index contributed by atoms with van der Waals surface area (Å²) in [7, 11) is 0. The van der Waals surface area contributed by atoms with E-state index in [2.05, 4.69) is 15.9 Å². The predicted molar refractivity (Wildman–Crippen MR) is 51.2 cm³/mol. The summed E-state index contributed by atoms with van der Waals surface area (Å²) in [6.07, 6.45) is 0. The van der Waals surface area contributed by atoms with Crippen molar-refractivity contribution in [1.82, 2.24) is 0 Å². The molecule has 0 fully saturated rings. The molecule has 0 amide bonds. The van der Waals surface area contributed by atoms with E-state index in [1.807, 2.05) is 6.92 Å². The molecule has 0 saturated heterocycles. The van der Waals surface area contributed by atoms with Crippen LogP contribution in [0.1, 0.15) is 16.7 Å². The van der Waals surface area contributed by atoms with Crippen LogP contribution in [-0.4, -0.2) is 10.2 Å². The van der Waals surface area contributed by atoms with E-state index in [1.165, 1.54) is 0 Å². The highest BCUT2D eigenvalue weighted by molar-refractivity contribution is 9.10. The van der Waals surface area contributed by atoms with Gasteiger partial charge in [-0.15, -0.1) is 0 Å². The number of aliphatic hydroxyl groups excluding tert-OH is 1. The van der Waals surface area contributed by atoms with E-state index in [0.29, 0.717) is 4.47 Å². The highest BCUT2D eigenvalue weighted by Gasteiger charge is 2.08. The first-order valence-electron chi connectivity index (χ1n) is 3.66. The maximum absolute atomic E-state index is 9.48. The second-order valence-corrected chi connectivity index (χ2v) is 3.59. The molecule has 1 aromatic rings. The van der Waals surface area contributed by atoms with Crippen LogP contribution in [0.15, 0.2) is 10.5 Å². The number of rotatable bonds is 1. The number of phenolic OH excluding ortho intramolecular Hbond substituents is 1. The molecule has 0 spiro atoms. The van der Waals surface area contributed by atoms with Crippen molar-refractivity contribution in [3.05, 3.63) is 27.2 Å². The largest absolute Gasteiger partial charge is 0.506 e. The Morgan fingerprint density at radius 2 is 2.00 bits per heavy atom. The summed E-state index contributed by atoms with van der Waals surface area (Å²) in [5, 5.41) is 18.4. The number of hydrogen-bond acceptors (Lipinski definition) is 2. The fraction of sp³-hybridized carbons (Fsp3) is 0.333. The van der Waals surface area contributed by atoms with E-state index in [9.17, 15) is 5.11 Å². The molecule has 0 atom stereocenters. The van der Waals surface area contributed by atoms with Crippen LogP contribution in [0.2, 0.25) is 0 Å². The number of halogens is 1. The van der Waals surface area contributed by atoms with Gasteiger partial charge < -0.3 is 10.2 Å². The van der Waals surface area contributed by atoms with Crippen molar-refractivity contribution in [1.29, 1.82) is 0 Å². The van der Waals surface area contributed by atoms with Crippen molar-refractivity contribution in [2.75, 3.05) is 0 Å². The molecule has 66 valence electrons. The van der Waals surface area contributed by atoms with Crippen LogP contribution >= 0.6 is 15.9 Å². The van der Waals surface area contributed by atoms with E-state index in [0.717, 1.165) is 16.7 Å². The molecule has 1 aromatic carbocycles. The standard InChI is InChI=1S/C9H11BrO2/c1-5-3-7(4-11)6(2)8(10)9(5)12/h3,11-12H,4H2,1-2H3. The Bertz CT molecular complexity index is 308. The average molecular weight is 231 g/mol. The zero-order valence-corrected chi connectivity index (χ0v) is 8.64. The monoisotopic (exact) mass is 230 g/mol. The summed E-state index contributed by atoms with van der Waals surface area (Å²) in [5.74, 6) is 0.254. The molecule has 3 heteroatoms. The summed E-state index contributed by atoms with van der Waals surface area (Å²) < 4.78 is 0.673. The zero-order valence-electron chi connectivity index (χ0n) is 7.06. The van der Waals surface area contributed by atoms with Crippen LogP contribution in [0.5, 0.6) is 5.75 Å². The number of aryl methyl sites for hydroxylation is 1. The van der Waals surface area contributed by atoms with Crippen LogP contribution in [0.4, 0.5) is 0 Å². The molecule has 2 N–H and O–H groups in total. The lowest BCUT2D eigenvalue weighted by molar-refractivity contribution is 0.280. The molecule has 0 aliphatic rings. The predicted octanol–water partition coefficient (Wildman–Crippen LogP) is 2.26. The van der Waals surface area contributed by atoms with Crippen LogP contribution in [-0.2, 0) is 6.61 Å². The highest BCUT2D eigenvalue weighted by Crippen LogP contribution is 2.32. The number of hydrogen-bond donors (Lipinski definition) is 2. The third-order valence-corrected chi connectivity index (χ3v) is 2.92. The summed E-state index contributed by atoms with van der Waals surface area (Å²) in [6.45, 7) is 3.67. The average Bonchev–Trinajstić information content (AvgIpc) is 2.08. The molecule has 2 nitrogen and oxygen atoms in total. The van der Waals surface area contributed by atoms with Crippen LogP contribution in [0.25, 0.3) is 0 Å². The third-order valence-electron chi connectivity index (χ3n) is 1.95. The van der Waals surface area contributed by atoms with Gasteiger partial charge in [0.25, 0.3) is 0 Å². The lowest BCUT2D eigenvalue weighted by atomic mass is 10.1. The Morgan fingerprint density at radius 3 is 2.50 bits per heavy atom. The first-order valence-corrected chi connectivity index (χ1v) is 4.45. The lowest BCUT2D eigenvalue weighted by Gasteiger charge is -2.09. The minimum atomic E-state index is 0.00551. The molecule has 0 radical (unpaired) electrons. The molecule has 1 rings (SSSR count). The van der Waals surface area contributed by atoms with Crippen molar-refractivity contribution in [2.24, 2.45) is 0 Å². The molecular formula is C9H11BrO2. The molecule has 0 aliphatic heterocycles.